The van der Waals surface area contributed by atoms with Gasteiger partial charge in [0.05, 0.1) is 18.1 Å². The second-order valence-corrected chi connectivity index (χ2v) is 7.08. The van der Waals surface area contributed by atoms with Crippen molar-refractivity contribution in [3.05, 3.63) is 68.8 Å². The Hall–Kier alpha value is -3.93. The molecule has 0 saturated carbocycles. The third kappa shape index (κ3) is 4.54. The summed E-state index contributed by atoms with van der Waals surface area (Å²) in [5, 5.41) is 21.5. The molecule has 0 bridgehead atoms. The molecule has 0 aliphatic heterocycles. The molecule has 0 radical (unpaired) electrons. The minimum atomic E-state index is -1.90. The summed E-state index contributed by atoms with van der Waals surface area (Å²) in [5.41, 5.74) is 0.705. The molecule has 166 valence electrons. The van der Waals surface area contributed by atoms with Crippen LogP contribution >= 0.6 is 0 Å². The number of aromatic nitrogens is 2. The highest BCUT2D eigenvalue weighted by atomic mass is 16.8. The number of amides is 1. The molecule has 1 aromatic heterocycles. The van der Waals surface area contributed by atoms with Gasteiger partial charge in [0, 0.05) is 17.8 Å². The van der Waals surface area contributed by atoms with Crippen LogP contribution < -0.4 is 16.1 Å². The summed E-state index contributed by atoms with van der Waals surface area (Å²) in [6.07, 6.45) is 0. The van der Waals surface area contributed by atoms with E-state index in [9.17, 15) is 24.4 Å². The average molecular weight is 440 g/mol. The number of ether oxygens (including phenoxy) is 1. The number of anilines is 1. The Balaban J connectivity index is 2.01. The molecule has 0 saturated heterocycles. The van der Waals surface area contributed by atoms with Crippen LogP contribution in [0.5, 0.6) is 0 Å². The van der Waals surface area contributed by atoms with Gasteiger partial charge in [0.15, 0.2) is 11.6 Å². The molecule has 0 aliphatic carbocycles. The first-order valence-corrected chi connectivity index (χ1v) is 9.40. The fourth-order valence-corrected chi connectivity index (χ4v) is 3.16. The molecule has 0 spiro atoms. The number of benzene rings is 2. The molecule has 11 nitrogen and oxygen atoms in total. The normalized spacial score (nSPS) is 12.8. The lowest BCUT2D eigenvalue weighted by atomic mass is 9.99. The Bertz CT molecular complexity index is 1280. The van der Waals surface area contributed by atoms with Gasteiger partial charge < -0.3 is 20.2 Å². The monoisotopic (exact) mass is 440 g/mol. The van der Waals surface area contributed by atoms with Gasteiger partial charge in [-0.15, -0.1) is 0 Å². The van der Waals surface area contributed by atoms with Crippen molar-refractivity contribution in [2.75, 3.05) is 12.4 Å². The molecule has 2 unspecified atom stereocenters. The number of H-pyrrole nitrogens is 1. The van der Waals surface area contributed by atoms with Crippen LogP contribution in [0.3, 0.4) is 0 Å². The lowest BCUT2D eigenvalue weighted by molar-refractivity contribution is -0.991. The second kappa shape index (κ2) is 9.06. The maximum Gasteiger partial charge on any atom is 0.323 e. The van der Waals surface area contributed by atoms with Crippen LogP contribution in [0.25, 0.3) is 11.0 Å². The maximum atomic E-state index is 12.9. The van der Waals surface area contributed by atoms with Crippen molar-refractivity contribution in [2.24, 2.45) is 0 Å². The molecule has 0 fully saturated rings. The van der Waals surface area contributed by atoms with E-state index in [1.807, 2.05) is 6.92 Å². The number of carbonyl (C=O) groups excluding carboxylic acids is 3. The standard InChI is InChI=1S/C21H20N4O7/c1-10-4-6-13(11(2)8-10)23-20(28)18(26)16(21(29)32-3)17-19(27)24-15-9-12(25(30)31)5-7-14(15)22-17/h4-9,16,25,30H,1-3H3,(H,23,28)(H,24,27). The molecular formula is C21H20N4O7. The predicted octanol–water partition coefficient (Wildman–Crippen LogP) is 0.408. The predicted molar refractivity (Wildman–Crippen MR) is 112 cm³/mol. The zero-order valence-electron chi connectivity index (χ0n) is 17.4. The quantitative estimate of drug-likeness (QED) is 0.185. The van der Waals surface area contributed by atoms with Gasteiger partial charge in [-0.3, -0.25) is 19.2 Å². The number of nitrogens with one attached hydrogen (secondary N) is 3. The number of quaternary nitrogens is 1. The lowest BCUT2D eigenvalue weighted by Gasteiger charge is -2.15. The Morgan fingerprint density at radius 2 is 1.91 bits per heavy atom. The smallest absolute Gasteiger partial charge is 0.323 e. The molecule has 2 atom stereocenters. The van der Waals surface area contributed by atoms with Crippen LogP contribution in [0, 0.1) is 19.1 Å². The summed E-state index contributed by atoms with van der Waals surface area (Å²) in [6.45, 7) is 3.61. The first-order valence-electron chi connectivity index (χ1n) is 9.40. The first-order chi connectivity index (χ1) is 15.1. The fraction of sp³-hybridized carbons (Fsp3) is 0.190. The van der Waals surface area contributed by atoms with Crippen LogP contribution in [0.4, 0.5) is 11.4 Å². The molecule has 2 aromatic carbocycles. The van der Waals surface area contributed by atoms with Gasteiger partial charge >= 0.3 is 5.97 Å². The molecule has 3 aromatic rings. The molecule has 4 N–H and O–H groups in total. The van der Waals surface area contributed by atoms with E-state index in [0.717, 1.165) is 12.7 Å². The highest BCUT2D eigenvalue weighted by Crippen LogP contribution is 2.20. The number of rotatable bonds is 6. The molecule has 3 rings (SSSR count). The summed E-state index contributed by atoms with van der Waals surface area (Å²) in [4.78, 5) is 56.9. The van der Waals surface area contributed by atoms with Gasteiger partial charge in [-0.1, -0.05) is 17.7 Å². The van der Waals surface area contributed by atoms with Crippen LogP contribution in [0.1, 0.15) is 22.7 Å². The fourth-order valence-electron chi connectivity index (χ4n) is 3.16. The van der Waals surface area contributed by atoms with E-state index in [2.05, 4.69) is 20.0 Å². The molecule has 32 heavy (non-hydrogen) atoms. The Morgan fingerprint density at radius 1 is 1.19 bits per heavy atom. The first kappa shape index (κ1) is 22.7. The van der Waals surface area contributed by atoms with E-state index in [1.165, 1.54) is 18.2 Å². The Labute approximate surface area is 181 Å². The van der Waals surface area contributed by atoms with Crippen molar-refractivity contribution in [2.45, 2.75) is 19.8 Å². The van der Waals surface area contributed by atoms with E-state index in [1.54, 1.807) is 25.1 Å². The number of aryl methyl sites for hydroxylation is 2. The summed E-state index contributed by atoms with van der Waals surface area (Å²) in [5.74, 6) is -5.38. The third-order valence-electron chi connectivity index (χ3n) is 4.79. The van der Waals surface area contributed by atoms with Crippen molar-refractivity contribution in [3.8, 4) is 0 Å². The number of hydrogen-bond acceptors (Lipinski definition) is 8. The molecule has 1 amide bonds. The number of carbonyl (C=O) groups is 3. The highest BCUT2D eigenvalue weighted by Gasteiger charge is 2.38. The van der Waals surface area contributed by atoms with E-state index < -0.39 is 40.1 Å². The van der Waals surface area contributed by atoms with Crippen molar-refractivity contribution >= 4 is 40.1 Å². The minimum absolute atomic E-state index is 0.0869. The van der Waals surface area contributed by atoms with Gasteiger partial charge in [-0.2, -0.15) is 5.23 Å². The van der Waals surface area contributed by atoms with Crippen LogP contribution in [-0.4, -0.2) is 39.9 Å². The molecule has 1 heterocycles. The number of aromatic amines is 1. The molecule has 11 heteroatoms. The lowest BCUT2D eigenvalue weighted by Crippen LogP contribution is -2.99. The van der Waals surface area contributed by atoms with Crippen molar-refractivity contribution in [1.82, 2.24) is 9.97 Å². The van der Waals surface area contributed by atoms with E-state index >= 15 is 0 Å². The summed E-state index contributed by atoms with van der Waals surface area (Å²) >= 11 is 0. The Kier molecular flexibility index (Phi) is 6.44. The zero-order chi connectivity index (χ0) is 23.6. The largest absolute Gasteiger partial charge is 0.595 e. The van der Waals surface area contributed by atoms with Crippen molar-refractivity contribution in [1.29, 1.82) is 0 Å². The summed E-state index contributed by atoms with van der Waals surface area (Å²) in [7, 11) is 1.01. The maximum absolute atomic E-state index is 12.9. The number of fused-ring (bicyclic) bond motifs is 1. The van der Waals surface area contributed by atoms with Gasteiger partial charge in [-0.05, 0) is 31.5 Å². The number of esters is 1. The van der Waals surface area contributed by atoms with Gasteiger partial charge in [0.1, 0.15) is 5.69 Å². The number of Topliss-reactive ketones (excluding diaryl/α,β-unsaturated/α-hetero) is 1. The van der Waals surface area contributed by atoms with E-state index in [0.29, 0.717) is 11.3 Å². The highest BCUT2D eigenvalue weighted by molar-refractivity contribution is 6.45. The SMILES string of the molecule is COC(=O)C(C(=O)C(=O)Nc1ccc(C)cc1C)c1nc2ccc([NH+]([O-])O)cc2[nH]c1=O. The van der Waals surface area contributed by atoms with Gasteiger partial charge in [0.25, 0.3) is 11.5 Å². The Morgan fingerprint density at radius 3 is 2.53 bits per heavy atom. The van der Waals surface area contributed by atoms with Gasteiger partial charge in [-0.25, -0.2) is 10.2 Å². The number of nitrogens with zero attached hydrogens (tertiary/aromatic N) is 1. The number of ketones is 1. The summed E-state index contributed by atoms with van der Waals surface area (Å²) < 4.78 is 4.64. The average Bonchev–Trinajstić information content (AvgIpc) is 2.75. The van der Waals surface area contributed by atoms with Crippen LogP contribution in [-0.2, 0) is 19.1 Å². The second-order valence-electron chi connectivity index (χ2n) is 7.08. The molecule has 0 aliphatic rings. The van der Waals surface area contributed by atoms with E-state index in [4.69, 9.17) is 5.21 Å². The van der Waals surface area contributed by atoms with E-state index in [-0.39, 0.29) is 16.7 Å². The van der Waals surface area contributed by atoms with Crippen LogP contribution in [0.15, 0.2) is 41.2 Å². The third-order valence-corrected chi connectivity index (χ3v) is 4.79. The van der Waals surface area contributed by atoms with Crippen molar-refractivity contribution in [3.63, 3.8) is 0 Å². The van der Waals surface area contributed by atoms with Crippen molar-refractivity contribution < 1.29 is 29.6 Å². The zero-order valence-corrected chi connectivity index (χ0v) is 17.4. The summed E-state index contributed by atoms with van der Waals surface area (Å²) in [6, 6.07) is 8.92. The topological polar surface area (TPSA) is 166 Å². The number of hydrogen-bond donors (Lipinski definition) is 4. The number of methoxy groups -OCH3 is 1. The van der Waals surface area contributed by atoms with Gasteiger partial charge in [0.2, 0.25) is 5.78 Å². The minimum Gasteiger partial charge on any atom is -0.595 e. The molecular weight excluding hydrogens is 420 g/mol. The van der Waals surface area contributed by atoms with Crippen LogP contribution in [0.2, 0.25) is 0 Å².